The Morgan fingerprint density at radius 1 is 1.38 bits per heavy atom. The summed E-state index contributed by atoms with van der Waals surface area (Å²) in [6.45, 7) is 9.58. The Morgan fingerprint density at radius 3 is 2.75 bits per heavy atom. The van der Waals surface area contributed by atoms with E-state index in [9.17, 15) is 4.21 Å². The molecule has 130 valence electrons. The fourth-order valence-electron chi connectivity index (χ4n) is 3.53. The zero-order valence-electron chi connectivity index (χ0n) is 14.8. The van der Waals surface area contributed by atoms with E-state index in [1.165, 1.54) is 16.6 Å². The summed E-state index contributed by atoms with van der Waals surface area (Å²) in [5.41, 5.74) is 2.51. The molecule has 1 aliphatic heterocycles. The number of benzene rings is 1. The molecule has 2 heterocycles. The molecule has 0 radical (unpaired) electrons. The van der Waals surface area contributed by atoms with Crippen molar-refractivity contribution in [3.8, 4) is 0 Å². The molecule has 1 aromatic carbocycles. The molecule has 1 saturated heterocycles. The third-order valence-electron chi connectivity index (χ3n) is 5.14. The van der Waals surface area contributed by atoms with Gasteiger partial charge in [-0.05, 0) is 35.9 Å². The number of nitrogens with zero attached hydrogens (tertiary/aromatic N) is 2. The molecule has 1 fully saturated rings. The monoisotopic (exact) mass is 364 g/mol. The summed E-state index contributed by atoms with van der Waals surface area (Å²) in [7, 11) is -0.694. The van der Waals surface area contributed by atoms with Crippen LogP contribution < -0.4 is 4.90 Å². The third-order valence-corrected chi connectivity index (χ3v) is 6.79. The first-order chi connectivity index (χ1) is 11.4. The molecular weight excluding hydrogens is 340 g/mol. The van der Waals surface area contributed by atoms with Gasteiger partial charge in [-0.2, -0.15) is 0 Å². The third kappa shape index (κ3) is 3.18. The highest BCUT2D eigenvalue weighted by Crippen LogP contribution is 2.39. The minimum Gasteiger partial charge on any atom is -0.368 e. The fourth-order valence-corrected chi connectivity index (χ4v) is 4.78. The van der Waals surface area contributed by atoms with E-state index in [4.69, 9.17) is 11.6 Å². The van der Waals surface area contributed by atoms with Crippen LogP contribution in [0.25, 0.3) is 10.8 Å². The van der Waals surface area contributed by atoms with Crippen LogP contribution in [0.1, 0.15) is 39.2 Å². The molecule has 5 heteroatoms. The van der Waals surface area contributed by atoms with Crippen LogP contribution in [0.5, 0.6) is 0 Å². The zero-order chi connectivity index (χ0) is 17.4. The summed E-state index contributed by atoms with van der Waals surface area (Å²) >= 11 is 6.14. The molecule has 3 rings (SSSR count). The summed E-state index contributed by atoms with van der Waals surface area (Å²) in [4.78, 5) is 6.71. The average molecular weight is 365 g/mol. The Balaban J connectivity index is 1.94. The van der Waals surface area contributed by atoms with Crippen LogP contribution in [0.4, 0.5) is 5.69 Å². The number of aromatic nitrogens is 1. The molecule has 1 aromatic heterocycles. The van der Waals surface area contributed by atoms with Gasteiger partial charge < -0.3 is 4.90 Å². The van der Waals surface area contributed by atoms with Gasteiger partial charge in [-0.1, -0.05) is 38.4 Å². The van der Waals surface area contributed by atoms with Gasteiger partial charge in [-0.15, -0.1) is 0 Å². The smallest absolute Gasteiger partial charge is 0.129 e. The summed E-state index contributed by atoms with van der Waals surface area (Å²) in [5, 5.41) is 2.89. The second-order valence-corrected chi connectivity index (χ2v) is 9.11. The lowest BCUT2D eigenvalue weighted by Crippen LogP contribution is -2.56. The highest BCUT2D eigenvalue weighted by atomic mass is 35.5. The van der Waals surface area contributed by atoms with Gasteiger partial charge in [0, 0.05) is 58.1 Å². The maximum Gasteiger partial charge on any atom is 0.129 e. The fraction of sp³-hybridized carbons (Fsp3) is 0.526. The summed E-state index contributed by atoms with van der Waals surface area (Å²) in [6, 6.07) is 6.80. The molecule has 3 atom stereocenters. The standard InChI is InChI=1S/C19H25ClN2OS/c1-5-24(23)11-14-10-22(13(14)4)18-7-6-15(12(2)3)16-8-19(20)21-9-17(16)18/h6-9,12-14H,5,10-11H2,1-4H3/t13-,14-,24+/m0/s1. The lowest BCUT2D eigenvalue weighted by atomic mass is 9.89. The van der Waals surface area contributed by atoms with Crippen LogP contribution >= 0.6 is 11.6 Å². The Hall–Kier alpha value is -1.13. The van der Waals surface area contributed by atoms with E-state index in [2.05, 4.69) is 42.8 Å². The first-order valence-electron chi connectivity index (χ1n) is 8.62. The second kappa shape index (κ2) is 7.01. The van der Waals surface area contributed by atoms with Gasteiger partial charge in [-0.25, -0.2) is 4.98 Å². The molecule has 0 aliphatic carbocycles. The van der Waals surface area contributed by atoms with Crippen molar-refractivity contribution in [3.05, 3.63) is 35.1 Å². The Kier molecular flexibility index (Phi) is 5.16. The zero-order valence-corrected chi connectivity index (χ0v) is 16.3. The number of hydrogen-bond acceptors (Lipinski definition) is 3. The largest absolute Gasteiger partial charge is 0.368 e. The predicted molar refractivity (Wildman–Crippen MR) is 105 cm³/mol. The van der Waals surface area contributed by atoms with Crippen molar-refractivity contribution in [3.63, 3.8) is 0 Å². The summed E-state index contributed by atoms with van der Waals surface area (Å²) in [6.07, 6.45) is 1.89. The van der Waals surface area contributed by atoms with Gasteiger partial charge in [0.05, 0.1) is 0 Å². The number of rotatable bonds is 5. The van der Waals surface area contributed by atoms with Gasteiger partial charge in [0.2, 0.25) is 0 Å². The van der Waals surface area contributed by atoms with Crippen LogP contribution in [-0.2, 0) is 10.8 Å². The van der Waals surface area contributed by atoms with Gasteiger partial charge in [0.15, 0.2) is 0 Å². The highest BCUT2D eigenvalue weighted by molar-refractivity contribution is 7.84. The van der Waals surface area contributed by atoms with Crippen molar-refractivity contribution in [2.45, 2.75) is 39.7 Å². The lowest BCUT2D eigenvalue weighted by Gasteiger charge is -2.48. The molecular formula is C19H25ClN2OS. The number of fused-ring (bicyclic) bond motifs is 1. The van der Waals surface area contributed by atoms with E-state index >= 15 is 0 Å². The Labute approximate surface area is 151 Å². The number of hydrogen-bond donors (Lipinski definition) is 0. The topological polar surface area (TPSA) is 33.2 Å². The first-order valence-corrected chi connectivity index (χ1v) is 10.5. The predicted octanol–water partition coefficient (Wildman–Crippen LogP) is 4.60. The summed E-state index contributed by atoms with van der Waals surface area (Å²) in [5.74, 6) is 2.50. The van der Waals surface area contributed by atoms with Crippen LogP contribution in [0.2, 0.25) is 5.15 Å². The molecule has 0 amide bonds. The second-order valence-electron chi connectivity index (χ2n) is 6.93. The molecule has 3 nitrogen and oxygen atoms in total. The molecule has 24 heavy (non-hydrogen) atoms. The van der Waals surface area contributed by atoms with Crippen molar-refractivity contribution in [1.29, 1.82) is 0 Å². The van der Waals surface area contributed by atoms with Crippen molar-refractivity contribution in [2.24, 2.45) is 5.92 Å². The van der Waals surface area contributed by atoms with E-state index in [1.54, 1.807) is 0 Å². The van der Waals surface area contributed by atoms with Gasteiger partial charge in [0.1, 0.15) is 5.15 Å². The van der Waals surface area contributed by atoms with Crippen molar-refractivity contribution < 1.29 is 4.21 Å². The number of pyridine rings is 1. The molecule has 0 N–H and O–H groups in total. The van der Waals surface area contributed by atoms with E-state index < -0.39 is 10.8 Å². The maximum atomic E-state index is 11.8. The number of anilines is 1. The Morgan fingerprint density at radius 2 is 2.12 bits per heavy atom. The molecule has 0 saturated carbocycles. The van der Waals surface area contributed by atoms with Crippen LogP contribution in [-0.4, -0.2) is 33.3 Å². The maximum absolute atomic E-state index is 11.8. The molecule has 0 unspecified atom stereocenters. The molecule has 1 aliphatic rings. The van der Waals surface area contributed by atoms with E-state index in [1.807, 2.05) is 19.2 Å². The lowest BCUT2D eigenvalue weighted by molar-refractivity contribution is 0.344. The highest BCUT2D eigenvalue weighted by Gasteiger charge is 2.37. The van der Waals surface area contributed by atoms with E-state index in [0.717, 1.165) is 23.4 Å². The van der Waals surface area contributed by atoms with E-state index in [-0.39, 0.29) is 0 Å². The quantitative estimate of drug-likeness (QED) is 0.726. The van der Waals surface area contributed by atoms with Crippen LogP contribution in [0.3, 0.4) is 0 Å². The minimum absolute atomic E-state index is 0.407. The SMILES string of the molecule is CC[S@@](=O)C[C@@H]1CN(c2ccc(C(C)C)c3cc(Cl)ncc23)[C@H]1C. The van der Waals surface area contributed by atoms with Crippen LogP contribution in [0, 0.1) is 5.92 Å². The van der Waals surface area contributed by atoms with Gasteiger partial charge in [0.25, 0.3) is 0 Å². The summed E-state index contributed by atoms with van der Waals surface area (Å²) < 4.78 is 11.8. The molecule has 0 spiro atoms. The van der Waals surface area contributed by atoms with E-state index in [0.29, 0.717) is 23.0 Å². The van der Waals surface area contributed by atoms with Gasteiger partial charge >= 0.3 is 0 Å². The normalized spacial score (nSPS) is 22.0. The average Bonchev–Trinajstić information content (AvgIpc) is 2.56. The number of halogens is 1. The van der Waals surface area contributed by atoms with Crippen molar-refractivity contribution >= 4 is 38.9 Å². The van der Waals surface area contributed by atoms with Crippen LogP contribution in [0.15, 0.2) is 24.4 Å². The van der Waals surface area contributed by atoms with Crippen molar-refractivity contribution in [2.75, 3.05) is 23.0 Å². The van der Waals surface area contributed by atoms with Gasteiger partial charge in [-0.3, -0.25) is 4.21 Å². The molecule has 2 aromatic rings. The van der Waals surface area contributed by atoms with Crippen molar-refractivity contribution in [1.82, 2.24) is 4.98 Å². The molecule has 0 bridgehead atoms. The Bertz CT molecular complexity index is 777. The minimum atomic E-state index is -0.694. The first kappa shape index (κ1) is 17.7.